The van der Waals surface area contributed by atoms with E-state index in [9.17, 15) is 30.7 Å². The zero-order valence-electron chi connectivity index (χ0n) is 9.83. The predicted molar refractivity (Wildman–Crippen MR) is 63.4 cm³/mol. The second-order valence-corrected chi connectivity index (χ2v) is 4.94. The quantitative estimate of drug-likeness (QED) is 0.296. The number of halogens is 8. The van der Waals surface area contributed by atoms with E-state index in [-0.39, 0.29) is 5.56 Å². The zero-order chi connectivity index (χ0) is 15.9. The highest BCUT2D eigenvalue weighted by Crippen LogP contribution is 2.37. The Morgan fingerprint density at radius 2 is 1.14 bits per heavy atom. The molecular formula is C13H4BrF7. The average molecular weight is 373 g/mol. The third-order valence-corrected chi connectivity index (χ3v) is 3.72. The second kappa shape index (κ2) is 5.67. The number of hydrogen-bond acceptors (Lipinski definition) is 0. The van der Waals surface area contributed by atoms with E-state index in [0.717, 1.165) is 6.07 Å². The molecule has 2 aromatic rings. The molecule has 0 saturated carbocycles. The van der Waals surface area contributed by atoms with Gasteiger partial charge in [-0.25, -0.2) is 30.7 Å². The molecule has 0 nitrogen and oxygen atoms in total. The van der Waals surface area contributed by atoms with Crippen LogP contribution in [0.5, 0.6) is 0 Å². The van der Waals surface area contributed by atoms with E-state index in [1.807, 2.05) is 0 Å². The lowest BCUT2D eigenvalue weighted by molar-refractivity contribution is 0.371. The highest BCUT2D eigenvalue weighted by molar-refractivity contribution is 9.09. The molecule has 1 unspecified atom stereocenters. The molecule has 0 spiro atoms. The third-order valence-electron chi connectivity index (χ3n) is 2.73. The Balaban J connectivity index is 2.63. The minimum Gasteiger partial charge on any atom is -0.204 e. The van der Waals surface area contributed by atoms with Crippen LogP contribution in [0.25, 0.3) is 0 Å². The van der Waals surface area contributed by atoms with Crippen LogP contribution in [-0.2, 0) is 0 Å². The fourth-order valence-electron chi connectivity index (χ4n) is 1.68. The largest absolute Gasteiger partial charge is 0.204 e. The molecule has 0 heterocycles. The van der Waals surface area contributed by atoms with Gasteiger partial charge in [0.15, 0.2) is 34.9 Å². The maximum Gasteiger partial charge on any atom is 0.200 e. The zero-order valence-corrected chi connectivity index (χ0v) is 11.4. The second-order valence-electron chi connectivity index (χ2n) is 4.02. The van der Waals surface area contributed by atoms with E-state index in [4.69, 9.17) is 0 Å². The first-order valence-corrected chi connectivity index (χ1v) is 6.27. The van der Waals surface area contributed by atoms with Crippen LogP contribution in [0.4, 0.5) is 30.7 Å². The van der Waals surface area contributed by atoms with Crippen molar-refractivity contribution < 1.29 is 30.7 Å². The maximum absolute atomic E-state index is 13.6. The summed E-state index contributed by atoms with van der Waals surface area (Å²) in [5.41, 5.74) is -1.39. The summed E-state index contributed by atoms with van der Waals surface area (Å²) < 4.78 is 92.2. The molecule has 0 bridgehead atoms. The highest BCUT2D eigenvalue weighted by atomic mass is 79.9. The van der Waals surface area contributed by atoms with E-state index in [1.165, 1.54) is 0 Å². The Morgan fingerprint density at radius 3 is 1.62 bits per heavy atom. The van der Waals surface area contributed by atoms with E-state index in [1.54, 1.807) is 0 Å². The Kier molecular flexibility index (Phi) is 4.27. The maximum atomic E-state index is 13.6. The average Bonchev–Trinajstić information content (AvgIpc) is 2.46. The summed E-state index contributed by atoms with van der Waals surface area (Å²) in [6.45, 7) is 0. The molecular weight excluding hydrogens is 369 g/mol. The van der Waals surface area contributed by atoms with Crippen molar-refractivity contribution in [1.82, 2.24) is 0 Å². The molecule has 0 radical (unpaired) electrons. The van der Waals surface area contributed by atoms with E-state index >= 15 is 0 Å². The Hall–Kier alpha value is -1.57. The van der Waals surface area contributed by atoms with Gasteiger partial charge in [-0.1, -0.05) is 22.0 Å². The number of benzene rings is 2. The summed E-state index contributed by atoms with van der Waals surface area (Å²) in [4.78, 5) is -1.54. The molecule has 8 heteroatoms. The molecule has 0 fully saturated rings. The highest BCUT2D eigenvalue weighted by Gasteiger charge is 2.30. The van der Waals surface area contributed by atoms with Crippen LogP contribution >= 0.6 is 15.9 Å². The summed E-state index contributed by atoms with van der Waals surface area (Å²) in [7, 11) is 0. The number of rotatable bonds is 2. The minimum absolute atomic E-state index is 0.211. The first-order valence-electron chi connectivity index (χ1n) is 5.36. The van der Waals surface area contributed by atoms with Crippen LogP contribution in [0.1, 0.15) is 16.0 Å². The van der Waals surface area contributed by atoms with Crippen molar-refractivity contribution in [1.29, 1.82) is 0 Å². The normalized spacial score (nSPS) is 12.6. The molecule has 112 valence electrons. The van der Waals surface area contributed by atoms with Gasteiger partial charge in [0.05, 0.1) is 4.83 Å². The summed E-state index contributed by atoms with van der Waals surface area (Å²) in [6, 6.07) is 2.22. The standard InChI is InChI=1S/C13H4BrF7/c14-8(4-1-2-5(15)6(16)3-4)7-9(17)11(19)13(21)12(20)10(7)18/h1-3,8H. The SMILES string of the molecule is Fc1ccc(C(Br)c2c(F)c(F)c(F)c(F)c2F)cc1F. The summed E-state index contributed by atoms with van der Waals surface area (Å²) in [5, 5.41) is 0. The van der Waals surface area contributed by atoms with Gasteiger partial charge in [-0.05, 0) is 17.7 Å². The molecule has 0 amide bonds. The Bertz CT molecular complexity index is 685. The summed E-state index contributed by atoms with van der Waals surface area (Å²) in [5.74, 6) is -13.1. The van der Waals surface area contributed by atoms with Crippen LogP contribution in [-0.4, -0.2) is 0 Å². The number of alkyl halides is 1. The molecule has 0 aliphatic rings. The van der Waals surface area contributed by atoms with Crippen LogP contribution in [0, 0.1) is 40.7 Å². The van der Waals surface area contributed by atoms with E-state index in [2.05, 4.69) is 15.9 Å². The van der Waals surface area contributed by atoms with Crippen molar-refractivity contribution in [2.75, 3.05) is 0 Å². The van der Waals surface area contributed by atoms with Crippen LogP contribution in [0.3, 0.4) is 0 Å². The third kappa shape index (κ3) is 2.64. The van der Waals surface area contributed by atoms with Crippen LogP contribution < -0.4 is 0 Å². The topological polar surface area (TPSA) is 0 Å². The molecule has 0 N–H and O–H groups in total. The monoisotopic (exact) mass is 372 g/mol. The molecule has 1 atom stereocenters. The first-order chi connectivity index (χ1) is 9.75. The lowest BCUT2D eigenvalue weighted by Crippen LogP contribution is -2.09. The Labute approximate surface area is 122 Å². The van der Waals surface area contributed by atoms with Crippen molar-refractivity contribution in [3.63, 3.8) is 0 Å². The molecule has 2 rings (SSSR count). The van der Waals surface area contributed by atoms with Crippen LogP contribution in [0.15, 0.2) is 18.2 Å². The van der Waals surface area contributed by atoms with Crippen molar-refractivity contribution in [2.45, 2.75) is 4.83 Å². The molecule has 0 aromatic heterocycles. The fraction of sp³-hybridized carbons (Fsp3) is 0.0769. The molecule has 0 aliphatic carbocycles. The van der Waals surface area contributed by atoms with Gasteiger partial charge in [0.2, 0.25) is 5.82 Å². The van der Waals surface area contributed by atoms with E-state index in [0.29, 0.717) is 12.1 Å². The molecule has 0 saturated heterocycles. The van der Waals surface area contributed by atoms with Gasteiger partial charge in [0, 0.05) is 5.56 Å². The van der Waals surface area contributed by atoms with Gasteiger partial charge in [-0.3, -0.25) is 0 Å². The lowest BCUT2D eigenvalue weighted by atomic mass is 10.0. The number of hydrogen-bond donors (Lipinski definition) is 0. The van der Waals surface area contributed by atoms with Gasteiger partial charge in [0.1, 0.15) is 0 Å². The van der Waals surface area contributed by atoms with Gasteiger partial charge in [0.25, 0.3) is 0 Å². The van der Waals surface area contributed by atoms with Crippen molar-refractivity contribution in [3.8, 4) is 0 Å². The van der Waals surface area contributed by atoms with Crippen molar-refractivity contribution in [2.24, 2.45) is 0 Å². The molecule has 21 heavy (non-hydrogen) atoms. The summed E-state index contributed by atoms with van der Waals surface area (Å²) >= 11 is 2.72. The van der Waals surface area contributed by atoms with Crippen molar-refractivity contribution in [3.05, 3.63) is 70.0 Å². The van der Waals surface area contributed by atoms with Gasteiger partial charge < -0.3 is 0 Å². The fourth-order valence-corrected chi connectivity index (χ4v) is 2.37. The van der Waals surface area contributed by atoms with Gasteiger partial charge in [-0.15, -0.1) is 0 Å². The molecule has 0 aliphatic heterocycles. The van der Waals surface area contributed by atoms with Crippen LogP contribution in [0.2, 0.25) is 0 Å². The minimum atomic E-state index is -2.29. The van der Waals surface area contributed by atoms with Gasteiger partial charge >= 0.3 is 0 Å². The van der Waals surface area contributed by atoms with Crippen molar-refractivity contribution >= 4 is 15.9 Å². The Morgan fingerprint density at radius 1 is 0.667 bits per heavy atom. The summed E-state index contributed by atoms with van der Waals surface area (Å²) in [6.07, 6.45) is 0. The van der Waals surface area contributed by atoms with Gasteiger partial charge in [-0.2, -0.15) is 0 Å². The smallest absolute Gasteiger partial charge is 0.200 e. The molecule has 2 aromatic carbocycles. The van der Waals surface area contributed by atoms with E-state index < -0.39 is 51.1 Å². The first kappa shape index (κ1) is 15.8. The lowest BCUT2D eigenvalue weighted by Gasteiger charge is -2.14. The predicted octanol–water partition coefficient (Wildman–Crippen LogP) is 5.14.